The van der Waals surface area contributed by atoms with E-state index in [9.17, 15) is 0 Å². The van der Waals surface area contributed by atoms with Gasteiger partial charge in [0.15, 0.2) is 0 Å². The molecule has 2 heterocycles. The number of nitrogens with one attached hydrogen (secondary N) is 1. The van der Waals surface area contributed by atoms with Crippen LogP contribution in [0, 0.1) is 0 Å². The zero-order valence-corrected chi connectivity index (χ0v) is 8.46. The van der Waals surface area contributed by atoms with Gasteiger partial charge in [0, 0.05) is 25.0 Å². The molecule has 0 aromatic carbocycles. The third-order valence-corrected chi connectivity index (χ3v) is 2.63. The Hall–Kier alpha value is -0.900. The van der Waals surface area contributed by atoms with E-state index in [-0.39, 0.29) is 5.54 Å². The smallest absolute Gasteiger partial charge is 0.0997 e. The molecule has 1 aliphatic rings. The van der Waals surface area contributed by atoms with E-state index in [2.05, 4.69) is 41.1 Å². The van der Waals surface area contributed by atoms with Gasteiger partial charge in [0.1, 0.15) is 0 Å². The van der Waals surface area contributed by atoms with Crippen LogP contribution in [0.5, 0.6) is 0 Å². The second-order valence-corrected chi connectivity index (χ2v) is 4.58. The molecule has 0 saturated carbocycles. The zero-order valence-electron chi connectivity index (χ0n) is 8.46. The van der Waals surface area contributed by atoms with Crippen molar-refractivity contribution < 1.29 is 0 Å². The normalized spacial score (nSPS) is 18.7. The average molecular weight is 180 g/mol. The summed E-state index contributed by atoms with van der Waals surface area (Å²) in [5.74, 6) is 0. The van der Waals surface area contributed by atoms with Crippen LogP contribution in [0.15, 0.2) is 0 Å². The predicted octanol–water partition coefficient (Wildman–Crippen LogP) is 0.961. The number of hydrogen-bond acceptors (Lipinski definition) is 3. The van der Waals surface area contributed by atoms with Gasteiger partial charge in [-0.2, -0.15) is 0 Å². The summed E-state index contributed by atoms with van der Waals surface area (Å²) in [6, 6.07) is 0. The number of hydrogen-bond donors (Lipinski definition) is 1. The third-order valence-electron chi connectivity index (χ3n) is 2.63. The highest BCUT2D eigenvalue weighted by Crippen LogP contribution is 2.21. The lowest BCUT2D eigenvalue weighted by Gasteiger charge is -2.37. The molecule has 4 heteroatoms. The summed E-state index contributed by atoms with van der Waals surface area (Å²) in [7, 11) is 0. The molecule has 0 radical (unpaired) electrons. The standard InChI is InChI=1S/C9H16N4/c1-9(2,3)13-5-4-7-8(6-13)11-12-10-7/h4-6H2,1-3H3,(H,10,11,12). The molecule has 1 aliphatic heterocycles. The first kappa shape index (κ1) is 8.69. The fraction of sp³-hybridized carbons (Fsp3) is 0.778. The minimum absolute atomic E-state index is 0.233. The minimum Gasteiger partial charge on any atom is -0.292 e. The molecule has 0 atom stereocenters. The lowest BCUT2D eigenvalue weighted by molar-refractivity contribution is 0.118. The SMILES string of the molecule is CC(C)(C)N1CCc2[nH]nnc2C1. The van der Waals surface area contributed by atoms with Gasteiger partial charge in [0.05, 0.1) is 11.4 Å². The van der Waals surface area contributed by atoms with Crippen LogP contribution in [0.4, 0.5) is 0 Å². The summed E-state index contributed by atoms with van der Waals surface area (Å²) in [4.78, 5) is 2.43. The first-order valence-electron chi connectivity index (χ1n) is 4.71. The van der Waals surface area contributed by atoms with E-state index in [0.29, 0.717) is 0 Å². The van der Waals surface area contributed by atoms with Crippen molar-refractivity contribution in [3.8, 4) is 0 Å². The lowest BCUT2D eigenvalue weighted by atomic mass is 10.0. The van der Waals surface area contributed by atoms with Crippen molar-refractivity contribution in [1.82, 2.24) is 20.3 Å². The van der Waals surface area contributed by atoms with Gasteiger partial charge in [0.2, 0.25) is 0 Å². The molecule has 0 spiro atoms. The summed E-state index contributed by atoms with van der Waals surface area (Å²) in [6.45, 7) is 8.73. The maximum atomic E-state index is 4.07. The van der Waals surface area contributed by atoms with E-state index in [0.717, 1.165) is 25.2 Å². The predicted molar refractivity (Wildman–Crippen MR) is 50.2 cm³/mol. The van der Waals surface area contributed by atoms with Crippen LogP contribution in [0.3, 0.4) is 0 Å². The Balaban J connectivity index is 2.18. The molecule has 2 rings (SSSR count). The van der Waals surface area contributed by atoms with Crippen LogP contribution in [0.2, 0.25) is 0 Å². The van der Waals surface area contributed by atoms with Crippen molar-refractivity contribution in [2.45, 2.75) is 39.3 Å². The van der Waals surface area contributed by atoms with Crippen molar-refractivity contribution in [1.29, 1.82) is 0 Å². The van der Waals surface area contributed by atoms with E-state index >= 15 is 0 Å². The van der Waals surface area contributed by atoms with Crippen molar-refractivity contribution >= 4 is 0 Å². The topological polar surface area (TPSA) is 44.8 Å². The van der Waals surface area contributed by atoms with Gasteiger partial charge in [-0.25, -0.2) is 0 Å². The second kappa shape index (κ2) is 2.80. The summed E-state index contributed by atoms with van der Waals surface area (Å²) in [5, 5.41) is 10.8. The summed E-state index contributed by atoms with van der Waals surface area (Å²) >= 11 is 0. The average Bonchev–Trinajstić information content (AvgIpc) is 2.47. The monoisotopic (exact) mass is 180 g/mol. The largest absolute Gasteiger partial charge is 0.292 e. The van der Waals surface area contributed by atoms with Gasteiger partial charge < -0.3 is 0 Å². The fourth-order valence-electron chi connectivity index (χ4n) is 1.68. The molecule has 72 valence electrons. The number of aromatic amines is 1. The molecule has 1 aromatic heterocycles. The van der Waals surface area contributed by atoms with Crippen LogP contribution in [-0.4, -0.2) is 32.4 Å². The van der Waals surface area contributed by atoms with Crippen molar-refractivity contribution in [2.75, 3.05) is 6.54 Å². The summed E-state index contributed by atoms with van der Waals surface area (Å²) in [6.07, 6.45) is 1.04. The summed E-state index contributed by atoms with van der Waals surface area (Å²) in [5.41, 5.74) is 2.55. The number of nitrogens with zero attached hydrogens (tertiary/aromatic N) is 3. The molecular weight excluding hydrogens is 164 g/mol. The van der Waals surface area contributed by atoms with E-state index < -0.39 is 0 Å². The summed E-state index contributed by atoms with van der Waals surface area (Å²) < 4.78 is 0. The van der Waals surface area contributed by atoms with Crippen LogP contribution in [0.1, 0.15) is 32.2 Å². The number of fused-ring (bicyclic) bond motifs is 1. The fourth-order valence-corrected chi connectivity index (χ4v) is 1.68. The minimum atomic E-state index is 0.233. The Morgan fingerprint density at radius 1 is 1.38 bits per heavy atom. The molecule has 0 bridgehead atoms. The highest BCUT2D eigenvalue weighted by Gasteiger charge is 2.27. The van der Waals surface area contributed by atoms with E-state index in [1.165, 1.54) is 5.69 Å². The van der Waals surface area contributed by atoms with Crippen molar-refractivity contribution in [3.05, 3.63) is 11.4 Å². The van der Waals surface area contributed by atoms with Crippen molar-refractivity contribution in [2.24, 2.45) is 0 Å². The van der Waals surface area contributed by atoms with Crippen LogP contribution in [-0.2, 0) is 13.0 Å². The Morgan fingerprint density at radius 3 is 2.85 bits per heavy atom. The van der Waals surface area contributed by atoms with Gasteiger partial charge in [-0.1, -0.05) is 5.21 Å². The van der Waals surface area contributed by atoms with Gasteiger partial charge in [-0.05, 0) is 20.8 Å². The molecule has 1 N–H and O–H groups in total. The zero-order chi connectivity index (χ0) is 9.47. The van der Waals surface area contributed by atoms with E-state index in [1.54, 1.807) is 0 Å². The van der Waals surface area contributed by atoms with Gasteiger partial charge in [-0.3, -0.25) is 10.00 Å². The Morgan fingerprint density at radius 2 is 2.15 bits per heavy atom. The molecule has 13 heavy (non-hydrogen) atoms. The maximum absolute atomic E-state index is 4.07. The molecule has 0 aliphatic carbocycles. The Labute approximate surface area is 78.3 Å². The number of aromatic nitrogens is 3. The van der Waals surface area contributed by atoms with Gasteiger partial charge >= 0.3 is 0 Å². The molecule has 0 amide bonds. The molecule has 4 nitrogen and oxygen atoms in total. The first-order valence-corrected chi connectivity index (χ1v) is 4.71. The molecular formula is C9H16N4. The highest BCUT2D eigenvalue weighted by molar-refractivity contribution is 5.12. The van der Waals surface area contributed by atoms with Crippen LogP contribution >= 0.6 is 0 Å². The molecule has 0 saturated heterocycles. The highest BCUT2D eigenvalue weighted by atomic mass is 15.4. The Kier molecular flexibility index (Phi) is 1.87. The maximum Gasteiger partial charge on any atom is 0.0997 e. The van der Waals surface area contributed by atoms with Crippen LogP contribution in [0.25, 0.3) is 0 Å². The number of H-pyrrole nitrogens is 1. The molecule has 0 fully saturated rings. The third kappa shape index (κ3) is 1.58. The molecule has 1 aromatic rings. The Bertz CT molecular complexity index is 297. The van der Waals surface area contributed by atoms with Crippen molar-refractivity contribution in [3.63, 3.8) is 0 Å². The van der Waals surface area contributed by atoms with E-state index in [4.69, 9.17) is 0 Å². The molecule has 0 unspecified atom stereocenters. The van der Waals surface area contributed by atoms with Crippen LogP contribution < -0.4 is 0 Å². The lowest BCUT2D eigenvalue weighted by Crippen LogP contribution is -2.44. The first-order chi connectivity index (χ1) is 6.07. The van der Waals surface area contributed by atoms with E-state index in [1.807, 2.05) is 0 Å². The quantitative estimate of drug-likeness (QED) is 0.647. The number of rotatable bonds is 0. The second-order valence-electron chi connectivity index (χ2n) is 4.58. The van der Waals surface area contributed by atoms with Gasteiger partial charge in [0.25, 0.3) is 0 Å². The van der Waals surface area contributed by atoms with Gasteiger partial charge in [-0.15, -0.1) is 5.10 Å².